The first-order valence-electron chi connectivity index (χ1n) is 4.89. The van der Waals surface area contributed by atoms with Gasteiger partial charge in [0.25, 0.3) is 5.78 Å². The lowest BCUT2D eigenvalue weighted by Crippen LogP contribution is -2.14. The predicted molar refractivity (Wildman–Crippen MR) is 59.5 cm³/mol. The van der Waals surface area contributed by atoms with E-state index in [2.05, 4.69) is 0 Å². The molecule has 0 fully saturated rings. The van der Waals surface area contributed by atoms with Crippen molar-refractivity contribution in [3.05, 3.63) is 29.5 Å². The Morgan fingerprint density at radius 3 is 2.65 bits per heavy atom. The molecule has 0 aliphatic rings. The molecule has 0 amide bonds. The first-order valence-corrected chi connectivity index (χ1v) is 4.89. The molecule has 1 N–H and O–H groups in total. The molecule has 88 valence electrons. The third-order valence-electron chi connectivity index (χ3n) is 2.41. The number of Topliss-reactive ketones (excluding diaryl/α,β-unsaturated/α-hetero) is 1. The zero-order chi connectivity index (χ0) is 12.6. The summed E-state index contributed by atoms with van der Waals surface area (Å²) >= 11 is 0. The Kier molecular flexibility index (Phi) is 2.59. The molecule has 2 rings (SSSR count). The fourth-order valence-corrected chi connectivity index (χ4v) is 1.71. The molecule has 1 aromatic heterocycles. The molecule has 17 heavy (non-hydrogen) atoms. The van der Waals surface area contributed by atoms with E-state index in [0.29, 0.717) is 11.1 Å². The number of aliphatic carboxylic acids is 1. The van der Waals surface area contributed by atoms with Crippen molar-refractivity contribution >= 4 is 22.7 Å². The molecule has 0 saturated heterocycles. The van der Waals surface area contributed by atoms with E-state index in [1.165, 1.54) is 7.11 Å². The van der Waals surface area contributed by atoms with E-state index in [1.54, 1.807) is 25.1 Å². The number of rotatable bonds is 3. The number of benzene rings is 1. The van der Waals surface area contributed by atoms with E-state index in [-0.39, 0.29) is 16.9 Å². The molecule has 2 aromatic rings. The van der Waals surface area contributed by atoms with Crippen LogP contribution >= 0.6 is 0 Å². The Morgan fingerprint density at radius 2 is 2.06 bits per heavy atom. The molecule has 0 saturated carbocycles. The van der Waals surface area contributed by atoms with Crippen LogP contribution in [0.3, 0.4) is 0 Å². The van der Waals surface area contributed by atoms with Gasteiger partial charge in [-0.05, 0) is 25.1 Å². The monoisotopic (exact) mass is 234 g/mol. The number of hydrogen-bond acceptors (Lipinski definition) is 4. The van der Waals surface area contributed by atoms with Crippen LogP contribution < -0.4 is 4.74 Å². The molecule has 0 aliphatic heterocycles. The molecule has 0 atom stereocenters. The Labute approximate surface area is 96.6 Å². The molecule has 0 radical (unpaired) electrons. The first kappa shape index (κ1) is 11.2. The lowest BCUT2D eigenvalue weighted by Gasteiger charge is -2.05. The van der Waals surface area contributed by atoms with Gasteiger partial charge in [0.2, 0.25) is 0 Å². The second-order valence-corrected chi connectivity index (χ2v) is 3.55. The largest absolute Gasteiger partial charge is 0.496 e. The van der Waals surface area contributed by atoms with Crippen molar-refractivity contribution in [1.29, 1.82) is 0 Å². The number of ketones is 1. The summed E-state index contributed by atoms with van der Waals surface area (Å²) in [5.41, 5.74) is 0.194. The molecule has 1 aromatic carbocycles. The van der Waals surface area contributed by atoms with Gasteiger partial charge >= 0.3 is 5.97 Å². The van der Waals surface area contributed by atoms with Crippen LogP contribution in [0.2, 0.25) is 0 Å². The standard InChI is InChI=1S/C12H10O5/c1-6-5-7-3-4-8(16-2)9(11(7)17-6)10(13)12(14)15/h3-5H,1-2H3,(H,14,15). The van der Waals surface area contributed by atoms with Gasteiger partial charge in [-0.1, -0.05) is 0 Å². The topological polar surface area (TPSA) is 76.7 Å². The van der Waals surface area contributed by atoms with Crippen LogP contribution in [-0.4, -0.2) is 24.0 Å². The van der Waals surface area contributed by atoms with Crippen molar-refractivity contribution in [3.63, 3.8) is 0 Å². The SMILES string of the molecule is COc1ccc2cc(C)oc2c1C(=O)C(=O)O. The van der Waals surface area contributed by atoms with Gasteiger partial charge in [-0.25, -0.2) is 4.79 Å². The summed E-state index contributed by atoms with van der Waals surface area (Å²) in [6.45, 7) is 1.72. The number of carboxylic acids is 1. The third-order valence-corrected chi connectivity index (χ3v) is 2.41. The van der Waals surface area contributed by atoms with Crippen molar-refractivity contribution in [1.82, 2.24) is 0 Å². The zero-order valence-electron chi connectivity index (χ0n) is 9.31. The van der Waals surface area contributed by atoms with Gasteiger partial charge in [-0.15, -0.1) is 0 Å². The average molecular weight is 234 g/mol. The van der Waals surface area contributed by atoms with Crippen molar-refractivity contribution in [2.45, 2.75) is 6.92 Å². The maximum absolute atomic E-state index is 11.6. The van der Waals surface area contributed by atoms with E-state index in [0.717, 1.165) is 0 Å². The van der Waals surface area contributed by atoms with Crippen molar-refractivity contribution < 1.29 is 23.8 Å². The molecular weight excluding hydrogens is 224 g/mol. The van der Waals surface area contributed by atoms with Gasteiger partial charge < -0.3 is 14.3 Å². The zero-order valence-corrected chi connectivity index (χ0v) is 9.31. The van der Waals surface area contributed by atoms with Gasteiger partial charge in [0.1, 0.15) is 22.7 Å². The summed E-state index contributed by atoms with van der Waals surface area (Å²) in [5, 5.41) is 9.45. The number of hydrogen-bond donors (Lipinski definition) is 1. The van der Waals surface area contributed by atoms with Crippen LogP contribution in [0.15, 0.2) is 22.6 Å². The number of methoxy groups -OCH3 is 1. The minimum Gasteiger partial charge on any atom is -0.496 e. The van der Waals surface area contributed by atoms with Gasteiger partial charge in [0.15, 0.2) is 0 Å². The highest BCUT2D eigenvalue weighted by Gasteiger charge is 2.24. The number of aryl methyl sites for hydroxylation is 1. The van der Waals surface area contributed by atoms with Crippen LogP contribution in [0.1, 0.15) is 16.1 Å². The summed E-state index contributed by atoms with van der Waals surface area (Å²) in [4.78, 5) is 22.4. The van der Waals surface area contributed by atoms with E-state index in [1.807, 2.05) is 0 Å². The van der Waals surface area contributed by atoms with Crippen LogP contribution in [-0.2, 0) is 4.79 Å². The maximum Gasteiger partial charge on any atom is 0.377 e. The van der Waals surface area contributed by atoms with Crippen LogP contribution in [0, 0.1) is 6.92 Å². The summed E-state index contributed by atoms with van der Waals surface area (Å²) in [6.07, 6.45) is 0. The summed E-state index contributed by atoms with van der Waals surface area (Å²) in [7, 11) is 1.37. The van der Waals surface area contributed by atoms with Crippen molar-refractivity contribution in [2.24, 2.45) is 0 Å². The Hall–Kier alpha value is -2.30. The highest BCUT2D eigenvalue weighted by molar-refractivity contribution is 6.42. The Morgan fingerprint density at radius 1 is 1.35 bits per heavy atom. The number of carboxylic acid groups (broad SMARTS) is 1. The lowest BCUT2D eigenvalue weighted by atomic mass is 10.1. The smallest absolute Gasteiger partial charge is 0.377 e. The van der Waals surface area contributed by atoms with Crippen LogP contribution in [0.4, 0.5) is 0 Å². The first-order chi connectivity index (χ1) is 8.04. The van der Waals surface area contributed by atoms with Gasteiger partial charge in [-0.3, -0.25) is 4.79 Å². The molecular formula is C12H10O5. The van der Waals surface area contributed by atoms with Crippen molar-refractivity contribution in [2.75, 3.05) is 7.11 Å². The minimum atomic E-state index is -1.54. The quantitative estimate of drug-likeness (QED) is 0.649. The lowest BCUT2D eigenvalue weighted by molar-refractivity contribution is -0.131. The molecule has 1 heterocycles. The molecule has 0 spiro atoms. The van der Waals surface area contributed by atoms with E-state index in [4.69, 9.17) is 14.3 Å². The van der Waals surface area contributed by atoms with Gasteiger partial charge in [-0.2, -0.15) is 0 Å². The molecule has 0 bridgehead atoms. The normalized spacial score (nSPS) is 10.5. The second kappa shape index (κ2) is 3.93. The number of ether oxygens (including phenoxy) is 1. The van der Waals surface area contributed by atoms with Crippen LogP contribution in [0.25, 0.3) is 11.0 Å². The molecule has 5 heteroatoms. The van der Waals surface area contributed by atoms with Crippen molar-refractivity contribution in [3.8, 4) is 5.75 Å². The van der Waals surface area contributed by atoms with E-state index in [9.17, 15) is 9.59 Å². The summed E-state index contributed by atoms with van der Waals surface area (Å²) in [6, 6.07) is 4.99. The van der Waals surface area contributed by atoms with Crippen LogP contribution in [0.5, 0.6) is 5.75 Å². The summed E-state index contributed by atoms with van der Waals surface area (Å²) < 4.78 is 10.3. The number of carbonyl (C=O) groups is 2. The van der Waals surface area contributed by atoms with Gasteiger partial charge in [0, 0.05) is 5.39 Å². The molecule has 5 nitrogen and oxygen atoms in total. The minimum absolute atomic E-state index is 0.0504. The van der Waals surface area contributed by atoms with E-state index >= 15 is 0 Å². The Balaban J connectivity index is 2.79. The number of carbonyl (C=O) groups excluding carboxylic acids is 1. The number of furan rings is 1. The fraction of sp³-hybridized carbons (Fsp3) is 0.167. The maximum atomic E-state index is 11.6. The Bertz CT molecular complexity index is 609. The third kappa shape index (κ3) is 1.75. The highest BCUT2D eigenvalue weighted by atomic mass is 16.5. The average Bonchev–Trinajstić information content (AvgIpc) is 2.66. The number of fused-ring (bicyclic) bond motifs is 1. The van der Waals surface area contributed by atoms with E-state index < -0.39 is 11.8 Å². The fourth-order valence-electron chi connectivity index (χ4n) is 1.71. The highest BCUT2D eigenvalue weighted by Crippen LogP contribution is 2.30. The second-order valence-electron chi connectivity index (χ2n) is 3.55. The predicted octanol–water partition coefficient (Wildman–Crippen LogP) is 2.02. The summed E-state index contributed by atoms with van der Waals surface area (Å²) in [5.74, 6) is -1.78. The molecule has 0 aliphatic carbocycles. The molecule has 0 unspecified atom stereocenters. The van der Waals surface area contributed by atoms with Gasteiger partial charge in [0.05, 0.1) is 7.11 Å².